The molecule has 0 fully saturated rings. The summed E-state index contributed by atoms with van der Waals surface area (Å²) in [7, 11) is -4.36. The number of phosphoric acid groups is 1. The zero-order valence-electron chi connectivity index (χ0n) is 20.5. The number of hydrogen-bond acceptors (Lipinski definition) is 3. The van der Waals surface area contributed by atoms with Gasteiger partial charge in [-0.2, -0.15) is 0 Å². The molecule has 0 aliphatic carbocycles. The molecule has 0 bridgehead atoms. The summed E-state index contributed by atoms with van der Waals surface area (Å²) in [5, 5.41) is 0. The van der Waals surface area contributed by atoms with E-state index < -0.39 is 7.82 Å². The van der Waals surface area contributed by atoms with E-state index in [-0.39, 0.29) is 41.2 Å². The van der Waals surface area contributed by atoms with E-state index in [1.54, 1.807) is 24.3 Å². The monoisotopic (exact) mass is 494 g/mol. The Hall–Kier alpha value is -2.73. The van der Waals surface area contributed by atoms with Crippen LogP contribution >= 0.6 is 7.82 Å². The first-order valence-corrected chi connectivity index (χ1v) is 13.1. The van der Waals surface area contributed by atoms with Crippen molar-refractivity contribution in [2.45, 2.75) is 38.5 Å². The van der Waals surface area contributed by atoms with E-state index in [0.717, 1.165) is 11.1 Å². The number of phosphoric ester groups is 1. The quantitative estimate of drug-likeness (QED) is 0.207. The van der Waals surface area contributed by atoms with Crippen LogP contribution < -0.4 is 9.05 Å². The first-order chi connectivity index (χ1) is 16.6. The normalized spacial score (nSPS) is 11.9. The predicted octanol–water partition coefficient (Wildman–Crippen LogP) is 7.25. The van der Waals surface area contributed by atoms with Gasteiger partial charge in [0.25, 0.3) is 0 Å². The first-order valence-electron chi connectivity index (χ1n) is 11.6. The van der Waals surface area contributed by atoms with Crippen molar-refractivity contribution < 1.29 is 18.5 Å². The third-order valence-corrected chi connectivity index (χ3v) is 7.47. The molecule has 4 rings (SSSR count). The Bertz CT molecular complexity index is 1200. The molecule has 0 radical (unpaired) electrons. The van der Waals surface area contributed by atoms with E-state index in [0.29, 0.717) is 0 Å². The average molecular weight is 494 g/mol. The fourth-order valence-corrected chi connectivity index (χ4v) is 5.01. The van der Waals surface area contributed by atoms with Crippen LogP contribution in [0, 0.1) is 0 Å². The van der Waals surface area contributed by atoms with Gasteiger partial charge in [-0.1, -0.05) is 113 Å². The average Bonchev–Trinajstić information content (AvgIpc) is 2.85. The van der Waals surface area contributed by atoms with E-state index in [9.17, 15) is 9.46 Å². The summed E-state index contributed by atoms with van der Waals surface area (Å²) in [4.78, 5) is 10.3. The van der Waals surface area contributed by atoms with Crippen molar-refractivity contribution in [3.63, 3.8) is 0 Å². The molecule has 0 saturated carbocycles. The molecule has 0 unspecified atom stereocenters. The fourth-order valence-electron chi connectivity index (χ4n) is 4.19. The van der Waals surface area contributed by atoms with Crippen LogP contribution in [0.3, 0.4) is 0 Å². The molecule has 0 amide bonds. The van der Waals surface area contributed by atoms with Crippen molar-refractivity contribution in [2.75, 3.05) is 0 Å². The molecule has 0 atom stereocenters. The number of hydrogen-bond donors (Lipinski definition) is 1. The van der Waals surface area contributed by atoms with Gasteiger partial charge in [0.1, 0.15) is 11.5 Å². The van der Waals surface area contributed by atoms with Crippen molar-refractivity contribution in [2.24, 2.45) is 0 Å². The molecule has 0 aliphatic heterocycles. The standard InChI is InChI=1S/C30H31O4P.Li.H/c1-29(2,23-11-7-5-8-12-23)25-15-19-27(20-16-25)33-35(31,32)34-28-21-17-26(18-22-28)30(3,4)24-13-9-6-10-14-24;;/h5-22H,1-4H3,(H,31,32);;. The van der Waals surface area contributed by atoms with E-state index >= 15 is 0 Å². The van der Waals surface area contributed by atoms with Gasteiger partial charge in [-0.05, 0) is 46.5 Å². The minimum absolute atomic E-state index is 0. The second-order valence-electron chi connectivity index (χ2n) is 9.68. The van der Waals surface area contributed by atoms with E-state index in [1.165, 1.54) is 11.1 Å². The van der Waals surface area contributed by atoms with Gasteiger partial charge in [0.2, 0.25) is 0 Å². The van der Waals surface area contributed by atoms with Crippen LogP contribution in [0.5, 0.6) is 11.5 Å². The first kappa shape index (κ1) is 27.8. The Balaban J connectivity index is 0.00000361. The van der Waals surface area contributed by atoms with Gasteiger partial charge in [-0.3, -0.25) is 4.89 Å². The van der Waals surface area contributed by atoms with Gasteiger partial charge in [0.15, 0.2) is 0 Å². The number of benzene rings is 4. The zero-order chi connectivity index (χ0) is 25.1. The fraction of sp³-hybridized carbons (Fsp3) is 0.200. The molecular formula is C30H32LiO4P. The van der Waals surface area contributed by atoms with Crippen LogP contribution in [0.2, 0.25) is 0 Å². The van der Waals surface area contributed by atoms with Crippen LogP contribution in [0.4, 0.5) is 0 Å². The molecule has 0 saturated heterocycles. The summed E-state index contributed by atoms with van der Waals surface area (Å²) in [6.45, 7) is 8.56. The maximum atomic E-state index is 12.7. The summed E-state index contributed by atoms with van der Waals surface area (Å²) in [5.74, 6) is 0.538. The molecule has 4 nitrogen and oxygen atoms in total. The van der Waals surface area contributed by atoms with E-state index in [2.05, 4.69) is 52.0 Å². The molecule has 4 aromatic rings. The second-order valence-corrected chi connectivity index (χ2v) is 11.0. The van der Waals surface area contributed by atoms with Crippen molar-refractivity contribution in [3.8, 4) is 11.5 Å². The predicted molar refractivity (Wildman–Crippen MR) is 148 cm³/mol. The molecule has 0 aliphatic rings. The molecule has 182 valence electrons. The molecule has 36 heavy (non-hydrogen) atoms. The molecular weight excluding hydrogens is 462 g/mol. The van der Waals surface area contributed by atoms with Crippen LogP contribution in [-0.2, 0) is 15.4 Å². The summed E-state index contributed by atoms with van der Waals surface area (Å²) >= 11 is 0. The molecule has 0 spiro atoms. The van der Waals surface area contributed by atoms with Gasteiger partial charge in [0, 0.05) is 10.8 Å². The summed E-state index contributed by atoms with van der Waals surface area (Å²) < 4.78 is 23.3. The van der Waals surface area contributed by atoms with Gasteiger partial charge in [0.05, 0.1) is 0 Å². The van der Waals surface area contributed by atoms with Gasteiger partial charge >= 0.3 is 26.7 Å². The summed E-state index contributed by atoms with van der Waals surface area (Å²) in [6, 6.07) is 34.8. The third-order valence-electron chi connectivity index (χ3n) is 6.58. The van der Waals surface area contributed by atoms with Crippen LogP contribution in [0.1, 0.15) is 49.9 Å². The second kappa shape index (κ2) is 11.1. The van der Waals surface area contributed by atoms with E-state index in [1.807, 2.05) is 60.7 Å². The van der Waals surface area contributed by atoms with Crippen LogP contribution in [0.15, 0.2) is 109 Å². The molecule has 4 aromatic carbocycles. The molecule has 0 aromatic heterocycles. The van der Waals surface area contributed by atoms with Crippen molar-refractivity contribution in [3.05, 3.63) is 131 Å². The molecule has 0 heterocycles. The summed E-state index contributed by atoms with van der Waals surface area (Å²) in [6.07, 6.45) is 0. The molecule has 6 heteroatoms. The Morgan fingerprint density at radius 2 is 0.806 bits per heavy atom. The van der Waals surface area contributed by atoms with Gasteiger partial charge in [-0.25, -0.2) is 4.57 Å². The minimum atomic E-state index is -4.36. The Labute approximate surface area is 226 Å². The van der Waals surface area contributed by atoms with Crippen molar-refractivity contribution in [1.82, 2.24) is 0 Å². The summed E-state index contributed by atoms with van der Waals surface area (Å²) in [5.41, 5.74) is 4.08. The Morgan fingerprint density at radius 3 is 1.11 bits per heavy atom. The topological polar surface area (TPSA) is 55.8 Å². The Kier molecular flexibility index (Phi) is 8.60. The molecule has 1 N–H and O–H groups in total. The number of rotatable bonds is 8. The van der Waals surface area contributed by atoms with Crippen LogP contribution in [-0.4, -0.2) is 23.8 Å². The maximum absolute atomic E-state index is 12.7. The van der Waals surface area contributed by atoms with E-state index in [4.69, 9.17) is 9.05 Å². The SMILES string of the molecule is CC(C)(c1ccccc1)c1ccc(OP(=O)(O)Oc2ccc(C(C)(C)c3ccccc3)cc2)cc1.[LiH]. The zero-order valence-corrected chi connectivity index (χ0v) is 21.4. The van der Waals surface area contributed by atoms with Gasteiger partial charge < -0.3 is 9.05 Å². The van der Waals surface area contributed by atoms with Crippen molar-refractivity contribution in [1.29, 1.82) is 0 Å². The van der Waals surface area contributed by atoms with Gasteiger partial charge in [-0.15, -0.1) is 0 Å². The van der Waals surface area contributed by atoms with Crippen LogP contribution in [0.25, 0.3) is 0 Å². The third kappa shape index (κ3) is 6.33. The van der Waals surface area contributed by atoms with Crippen molar-refractivity contribution >= 4 is 26.7 Å². The Morgan fingerprint density at radius 1 is 0.528 bits per heavy atom.